The normalized spacial score (nSPS) is 21.8. The van der Waals surface area contributed by atoms with Gasteiger partial charge in [-0.15, -0.1) is 0 Å². The van der Waals surface area contributed by atoms with Gasteiger partial charge in [0.05, 0.1) is 24.1 Å². The third-order valence-electron chi connectivity index (χ3n) is 4.29. The van der Waals surface area contributed by atoms with E-state index < -0.39 is 35.1 Å². The number of amides is 1. The molecule has 1 aliphatic heterocycles. The van der Waals surface area contributed by atoms with Crippen LogP contribution in [0.2, 0.25) is 0 Å². The van der Waals surface area contributed by atoms with E-state index in [0.717, 1.165) is 6.07 Å². The van der Waals surface area contributed by atoms with Gasteiger partial charge in [-0.05, 0) is 24.0 Å². The lowest BCUT2D eigenvalue weighted by molar-refractivity contribution is -0.140. The summed E-state index contributed by atoms with van der Waals surface area (Å²) in [6, 6.07) is 5.14. The fraction of sp³-hybridized carbons (Fsp3) is 0.529. The third kappa shape index (κ3) is 4.94. The molecule has 1 heterocycles. The number of hydrogen-bond acceptors (Lipinski definition) is 3. The highest BCUT2D eigenvalue weighted by Crippen LogP contribution is 2.36. The Balaban J connectivity index is 2.09. The van der Waals surface area contributed by atoms with Gasteiger partial charge in [0.1, 0.15) is 0 Å². The van der Waals surface area contributed by atoms with E-state index >= 15 is 0 Å². The Bertz CT molecular complexity index is 639. The van der Waals surface area contributed by atoms with Gasteiger partial charge in [0.2, 0.25) is 5.91 Å². The van der Waals surface area contributed by atoms with Gasteiger partial charge in [0, 0.05) is 13.0 Å². The number of aliphatic carboxylic acids is 1. The molecule has 25 heavy (non-hydrogen) atoms. The molecule has 2 rings (SSSR count). The molecule has 2 N–H and O–H groups in total. The molecular formula is C17H20F3NO4. The van der Waals surface area contributed by atoms with Crippen LogP contribution in [0.15, 0.2) is 24.3 Å². The lowest BCUT2D eigenvalue weighted by atomic mass is 9.90. The zero-order chi connectivity index (χ0) is 18.7. The molecule has 0 aliphatic carbocycles. The van der Waals surface area contributed by atoms with Gasteiger partial charge in [0.25, 0.3) is 0 Å². The van der Waals surface area contributed by atoms with Gasteiger partial charge in [0.15, 0.2) is 0 Å². The number of halogens is 3. The molecule has 1 saturated heterocycles. The van der Waals surface area contributed by atoms with Crippen molar-refractivity contribution in [1.82, 2.24) is 5.32 Å². The van der Waals surface area contributed by atoms with Crippen molar-refractivity contribution in [2.45, 2.75) is 43.8 Å². The number of benzene rings is 1. The highest BCUT2D eigenvalue weighted by atomic mass is 19.4. The van der Waals surface area contributed by atoms with Crippen LogP contribution in [0.3, 0.4) is 0 Å². The van der Waals surface area contributed by atoms with Crippen LogP contribution in [0.1, 0.15) is 43.2 Å². The summed E-state index contributed by atoms with van der Waals surface area (Å²) in [5.41, 5.74) is -1.72. The topological polar surface area (TPSA) is 75.6 Å². The van der Waals surface area contributed by atoms with Gasteiger partial charge < -0.3 is 15.2 Å². The first-order valence-corrected chi connectivity index (χ1v) is 7.90. The second-order valence-corrected chi connectivity index (χ2v) is 6.39. The second-order valence-electron chi connectivity index (χ2n) is 6.39. The van der Waals surface area contributed by atoms with Crippen LogP contribution >= 0.6 is 0 Å². The maximum absolute atomic E-state index is 13.1. The summed E-state index contributed by atoms with van der Waals surface area (Å²) in [6.45, 7) is 1.96. The van der Waals surface area contributed by atoms with Crippen molar-refractivity contribution in [3.8, 4) is 0 Å². The lowest BCUT2D eigenvalue weighted by Crippen LogP contribution is -2.50. The van der Waals surface area contributed by atoms with E-state index in [4.69, 9.17) is 9.84 Å². The Labute approximate surface area is 143 Å². The van der Waals surface area contributed by atoms with Gasteiger partial charge in [-0.3, -0.25) is 9.59 Å². The van der Waals surface area contributed by atoms with E-state index in [9.17, 15) is 22.8 Å². The Kier molecular flexibility index (Phi) is 5.72. The molecule has 1 aromatic carbocycles. The molecule has 2 unspecified atom stereocenters. The van der Waals surface area contributed by atoms with Crippen LogP contribution in [0, 0.1) is 0 Å². The molecule has 2 atom stereocenters. The summed E-state index contributed by atoms with van der Waals surface area (Å²) < 4.78 is 44.5. The van der Waals surface area contributed by atoms with Crippen LogP contribution in [-0.2, 0) is 20.5 Å². The first-order valence-electron chi connectivity index (χ1n) is 7.90. The minimum Gasteiger partial charge on any atom is -0.481 e. The highest BCUT2D eigenvalue weighted by Gasteiger charge is 2.39. The number of nitrogens with one attached hydrogen (secondary N) is 1. The number of rotatable bonds is 6. The molecule has 0 saturated carbocycles. The molecule has 0 spiro atoms. The Hall–Kier alpha value is -2.09. The van der Waals surface area contributed by atoms with Crippen LogP contribution in [0.4, 0.5) is 13.2 Å². The van der Waals surface area contributed by atoms with Gasteiger partial charge in [-0.2, -0.15) is 13.2 Å². The zero-order valence-corrected chi connectivity index (χ0v) is 13.7. The molecule has 0 bridgehead atoms. The van der Waals surface area contributed by atoms with Crippen molar-refractivity contribution < 1.29 is 32.6 Å². The lowest BCUT2D eigenvalue weighted by Gasteiger charge is -2.28. The van der Waals surface area contributed by atoms with Crippen molar-refractivity contribution in [3.63, 3.8) is 0 Å². The number of alkyl halides is 3. The molecule has 1 aliphatic rings. The number of hydrogen-bond donors (Lipinski definition) is 2. The highest BCUT2D eigenvalue weighted by molar-refractivity contribution is 5.79. The number of carboxylic acids is 1. The molecule has 8 heteroatoms. The minimum atomic E-state index is -4.49. The van der Waals surface area contributed by atoms with Gasteiger partial charge >= 0.3 is 12.1 Å². The van der Waals surface area contributed by atoms with Crippen molar-refractivity contribution in [1.29, 1.82) is 0 Å². The van der Waals surface area contributed by atoms with E-state index in [1.54, 1.807) is 6.92 Å². The second kappa shape index (κ2) is 7.43. The molecule has 138 valence electrons. The van der Waals surface area contributed by atoms with Crippen LogP contribution in [-0.4, -0.2) is 35.7 Å². The standard InChI is InChI=1S/C17H20F3NO4/c1-11(12-4-2-3-5-13(12)17(18,19)20)8-14(22)21-16(9-15(23)24)6-7-25-10-16/h2-5,11H,6-10H2,1H3,(H,21,22)(H,23,24). The summed E-state index contributed by atoms with van der Waals surface area (Å²) in [6.07, 6.45) is -4.59. The predicted octanol–water partition coefficient (Wildman–Crippen LogP) is 2.95. The van der Waals surface area contributed by atoms with Crippen LogP contribution in [0.25, 0.3) is 0 Å². The fourth-order valence-corrected chi connectivity index (χ4v) is 3.10. The molecule has 5 nitrogen and oxygen atoms in total. The maximum atomic E-state index is 13.1. The van der Waals surface area contributed by atoms with E-state index in [2.05, 4.69) is 5.32 Å². The van der Waals surface area contributed by atoms with Crippen molar-refractivity contribution in [3.05, 3.63) is 35.4 Å². The molecular weight excluding hydrogens is 339 g/mol. The first kappa shape index (κ1) is 19.2. The summed E-state index contributed by atoms with van der Waals surface area (Å²) in [7, 11) is 0. The van der Waals surface area contributed by atoms with E-state index in [-0.39, 0.29) is 25.0 Å². The smallest absolute Gasteiger partial charge is 0.416 e. The average Bonchev–Trinajstić information content (AvgIpc) is 2.93. The maximum Gasteiger partial charge on any atom is 0.416 e. The quantitative estimate of drug-likeness (QED) is 0.819. The predicted molar refractivity (Wildman–Crippen MR) is 83.0 cm³/mol. The number of carbonyl (C=O) groups excluding carboxylic acids is 1. The van der Waals surface area contributed by atoms with Crippen molar-refractivity contribution in [2.75, 3.05) is 13.2 Å². The molecule has 1 fully saturated rings. The van der Waals surface area contributed by atoms with Crippen molar-refractivity contribution in [2.24, 2.45) is 0 Å². The molecule has 1 amide bonds. The fourth-order valence-electron chi connectivity index (χ4n) is 3.10. The van der Waals surface area contributed by atoms with E-state index in [1.165, 1.54) is 18.2 Å². The summed E-state index contributed by atoms with van der Waals surface area (Å²) in [5.74, 6) is -2.22. The SMILES string of the molecule is CC(CC(=O)NC1(CC(=O)O)CCOC1)c1ccccc1C(F)(F)F. The van der Waals surface area contributed by atoms with Crippen LogP contribution < -0.4 is 5.32 Å². The molecule has 1 aromatic rings. The van der Waals surface area contributed by atoms with Crippen molar-refractivity contribution >= 4 is 11.9 Å². The Morgan fingerprint density at radius 2 is 2.04 bits per heavy atom. The number of carbonyl (C=O) groups is 2. The number of carboxylic acid groups (broad SMARTS) is 1. The van der Waals surface area contributed by atoms with Gasteiger partial charge in [-0.1, -0.05) is 25.1 Å². The monoisotopic (exact) mass is 359 g/mol. The summed E-state index contributed by atoms with van der Waals surface area (Å²) in [5, 5.41) is 11.7. The Morgan fingerprint density at radius 3 is 2.60 bits per heavy atom. The van der Waals surface area contributed by atoms with Crippen LogP contribution in [0.5, 0.6) is 0 Å². The van der Waals surface area contributed by atoms with E-state index in [0.29, 0.717) is 13.0 Å². The molecule has 0 radical (unpaired) electrons. The third-order valence-corrected chi connectivity index (χ3v) is 4.29. The van der Waals surface area contributed by atoms with Gasteiger partial charge in [-0.25, -0.2) is 0 Å². The van der Waals surface area contributed by atoms with E-state index in [1.807, 2.05) is 0 Å². The summed E-state index contributed by atoms with van der Waals surface area (Å²) >= 11 is 0. The number of ether oxygens (including phenoxy) is 1. The summed E-state index contributed by atoms with van der Waals surface area (Å²) in [4.78, 5) is 23.3. The minimum absolute atomic E-state index is 0.0418. The molecule has 0 aromatic heterocycles. The first-order chi connectivity index (χ1) is 11.6. The largest absolute Gasteiger partial charge is 0.481 e. The zero-order valence-electron chi connectivity index (χ0n) is 13.7. The average molecular weight is 359 g/mol. The Morgan fingerprint density at radius 1 is 1.36 bits per heavy atom.